The summed E-state index contributed by atoms with van der Waals surface area (Å²) < 4.78 is 126. The van der Waals surface area contributed by atoms with Crippen molar-refractivity contribution in [3.8, 4) is 0 Å². The van der Waals surface area contributed by atoms with Crippen molar-refractivity contribution in [3.63, 3.8) is 0 Å². The molecule has 0 bridgehead atoms. The minimum atomic E-state index is -4.28. The Hall–Kier alpha value is -0.961. The summed E-state index contributed by atoms with van der Waals surface area (Å²) in [6.07, 6.45) is 0. The molecule has 0 radical (unpaired) electrons. The van der Waals surface area contributed by atoms with Crippen LogP contribution in [0.1, 0.15) is 22.3 Å². The molecule has 0 aliphatic carbocycles. The van der Waals surface area contributed by atoms with E-state index in [0.717, 1.165) is 0 Å². The Morgan fingerprint density at radius 3 is 0.543 bits per heavy atom. The topological polar surface area (TPSA) is 229 Å². The second-order valence-electron chi connectivity index (χ2n) is 8.88. The molecule has 0 unspecified atom stereocenters. The summed E-state index contributed by atoms with van der Waals surface area (Å²) in [5.74, 6) is 0. The van der Waals surface area contributed by atoms with Crippen LogP contribution in [0.15, 0.2) is 117 Å². The van der Waals surface area contributed by atoms with E-state index in [0.29, 0.717) is 22.3 Å². The van der Waals surface area contributed by atoms with Gasteiger partial charge in [0.25, 0.3) is 0 Å². The van der Waals surface area contributed by atoms with Crippen LogP contribution in [0, 0.1) is 27.7 Å². The number of rotatable bonds is 4. The van der Waals surface area contributed by atoms with Crippen LogP contribution in [0.3, 0.4) is 0 Å². The normalized spacial score (nSPS) is 11.0. The summed E-state index contributed by atoms with van der Waals surface area (Å²) in [5.41, 5.74) is 1.95. The molecule has 0 fully saturated rings. The van der Waals surface area contributed by atoms with E-state index in [9.17, 15) is 51.9 Å². The molecular weight excluding hydrogens is 737 g/mol. The molecule has 0 heterocycles. The first-order chi connectivity index (χ1) is 20.1. The second-order valence-corrected chi connectivity index (χ2v) is 14.3. The Balaban J connectivity index is 0. The van der Waals surface area contributed by atoms with Crippen LogP contribution >= 0.6 is 0 Å². The van der Waals surface area contributed by atoms with Gasteiger partial charge in [0.05, 0.1) is 19.6 Å². The van der Waals surface area contributed by atoms with Gasteiger partial charge >= 0.3 is 75.5 Å². The Kier molecular flexibility index (Phi) is 21.0. The van der Waals surface area contributed by atoms with Crippen molar-refractivity contribution < 1.29 is 51.9 Å². The number of hydrogen-bond acceptors (Lipinski definition) is 12. The maximum Gasteiger partial charge on any atom is 2.00 e. The van der Waals surface area contributed by atoms with Gasteiger partial charge in [-0.2, -0.15) is 0 Å². The SMILES string of the molecule is Cc1ccccc1S(=O)(=O)[O-].Cc1ccccc1S(=O)(=O)[O-].Cc1ccccc1S(=O)(=O)[O-].Cc1ccccc1S(=O)(=O)[O-].[Ca+2].[Ca+2]. The zero-order valence-corrected chi connectivity index (χ0v) is 32.9. The molecule has 0 saturated carbocycles. The molecule has 0 aromatic heterocycles. The van der Waals surface area contributed by atoms with Crippen LogP contribution < -0.4 is 0 Å². The van der Waals surface area contributed by atoms with E-state index in [4.69, 9.17) is 0 Å². The molecule has 240 valence electrons. The minimum absolute atomic E-state index is 0. The molecule has 18 heteroatoms. The Labute approximate surface area is 330 Å². The third-order valence-electron chi connectivity index (χ3n) is 5.45. The first-order valence-corrected chi connectivity index (χ1v) is 17.8. The Morgan fingerprint density at radius 1 is 0.326 bits per heavy atom. The van der Waals surface area contributed by atoms with Gasteiger partial charge < -0.3 is 18.2 Å². The first-order valence-electron chi connectivity index (χ1n) is 12.1. The van der Waals surface area contributed by atoms with Crippen molar-refractivity contribution in [2.75, 3.05) is 0 Å². The predicted octanol–water partition coefficient (Wildman–Crippen LogP) is 2.83. The molecule has 0 spiro atoms. The number of hydrogen-bond donors (Lipinski definition) is 0. The van der Waals surface area contributed by atoms with E-state index in [1.54, 1.807) is 76.2 Å². The second kappa shape index (κ2) is 20.5. The van der Waals surface area contributed by atoms with Crippen molar-refractivity contribution in [1.82, 2.24) is 0 Å². The molecule has 4 rings (SSSR count). The fourth-order valence-electron chi connectivity index (χ4n) is 3.35. The molecule has 0 aliphatic heterocycles. The van der Waals surface area contributed by atoms with Gasteiger partial charge in [0.1, 0.15) is 40.5 Å². The third kappa shape index (κ3) is 16.9. The van der Waals surface area contributed by atoms with Crippen LogP contribution in [0.2, 0.25) is 0 Å². The van der Waals surface area contributed by atoms with Gasteiger partial charge in [-0.05, 0) is 74.2 Å². The Bertz CT molecular complexity index is 1720. The van der Waals surface area contributed by atoms with Crippen molar-refractivity contribution in [1.29, 1.82) is 0 Å². The predicted molar refractivity (Wildman–Crippen MR) is 168 cm³/mol. The zero-order chi connectivity index (χ0) is 33.9. The quantitative estimate of drug-likeness (QED) is 0.216. The number of aryl methyl sites for hydroxylation is 4. The molecule has 0 N–H and O–H groups in total. The standard InChI is InChI=1S/4C7H8O3S.2Ca/c4*1-6-4-2-3-5-7(6)11(8,9)10;;/h4*2-5H,1H3,(H,8,9,10);;/q;;;;2*+2/p-4. The number of benzene rings is 4. The average molecular weight is 765 g/mol. The smallest absolute Gasteiger partial charge is 0.744 e. The van der Waals surface area contributed by atoms with Gasteiger partial charge in [-0.25, -0.2) is 33.7 Å². The monoisotopic (exact) mass is 764 g/mol. The van der Waals surface area contributed by atoms with Gasteiger partial charge in [0.2, 0.25) is 0 Å². The zero-order valence-electron chi connectivity index (χ0n) is 25.2. The van der Waals surface area contributed by atoms with Crippen LogP contribution in [-0.2, 0) is 40.5 Å². The fourth-order valence-corrected chi connectivity index (χ4v) is 6.18. The molecule has 0 atom stereocenters. The van der Waals surface area contributed by atoms with E-state index < -0.39 is 40.5 Å². The molecule has 4 aromatic rings. The van der Waals surface area contributed by atoms with E-state index in [-0.39, 0.29) is 95.1 Å². The van der Waals surface area contributed by atoms with E-state index in [1.165, 1.54) is 48.5 Å². The molecule has 0 aliphatic rings. The average Bonchev–Trinajstić information content (AvgIpc) is 2.88. The molecule has 12 nitrogen and oxygen atoms in total. The van der Waals surface area contributed by atoms with Crippen molar-refractivity contribution >= 4 is 116 Å². The Morgan fingerprint density at radius 2 is 0.457 bits per heavy atom. The minimum Gasteiger partial charge on any atom is -0.744 e. The molecule has 0 amide bonds. The van der Waals surface area contributed by atoms with Crippen molar-refractivity contribution in [3.05, 3.63) is 119 Å². The van der Waals surface area contributed by atoms with Crippen molar-refractivity contribution in [2.45, 2.75) is 47.3 Å². The summed E-state index contributed by atoms with van der Waals surface area (Å²) in [4.78, 5) is -0.556. The molecular formula is C28H28Ca2O12S4. The maximum absolute atomic E-state index is 10.5. The van der Waals surface area contributed by atoms with Crippen molar-refractivity contribution in [2.24, 2.45) is 0 Å². The van der Waals surface area contributed by atoms with Gasteiger partial charge in [-0.3, -0.25) is 0 Å². The van der Waals surface area contributed by atoms with Gasteiger partial charge in [0.15, 0.2) is 0 Å². The summed E-state index contributed by atoms with van der Waals surface area (Å²) in [6, 6.07) is 24.4. The summed E-state index contributed by atoms with van der Waals surface area (Å²) in [5, 5.41) is 0. The van der Waals surface area contributed by atoms with Crippen LogP contribution in [0.25, 0.3) is 0 Å². The fraction of sp³-hybridized carbons (Fsp3) is 0.143. The third-order valence-corrected chi connectivity index (χ3v) is 9.44. The van der Waals surface area contributed by atoms with E-state index in [1.807, 2.05) is 0 Å². The first kappa shape index (κ1) is 47.2. The van der Waals surface area contributed by atoms with Gasteiger partial charge in [-0.15, -0.1) is 0 Å². The van der Waals surface area contributed by atoms with Crippen LogP contribution in [0.4, 0.5) is 0 Å². The summed E-state index contributed by atoms with van der Waals surface area (Å²) in [6.45, 7) is 6.35. The van der Waals surface area contributed by atoms with Crippen LogP contribution in [0.5, 0.6) is 0 Å². The van der Waals surface area contributed by atoms with Gasteiger partial charge in [-0.1, -0.05) is 72.8 Å². The van der Waals surface area contributed by atoms with Crippen LogP contribution in [-0.4, -0.2) is 127 Å². The largest absolute Gasteiger partial charge is 2.00 e. The summed E-state index contributed by atoms with van der Waals surface area (Å²) >= 11 is 0. The van der Waals surface area contributed by atoms with Gasteiger partial charge in [0, 0.05) is 0 Å². The molecule has 0 saturated heterocycles. The summed E-state index contributed by atoms with van der Waals surface area (Å²) in [7, 11) is -17.1. The van der Waals surface area contributed by atoms with E-state index in [2.05, 4.69) is 0 Å². The molecule has 4 aromatic carbocycles. The molecule has 46 heavy (non-hydrogen) atoms. The maximum atomic E-state index is 10.5. The van der Waals surface area contributed by atoms with E-state index >= 15 is 0 Å².